The number of halogens is 5. The number of anilines is 1. The van der Waals surface area contributed by atoms with Crippen molar-refractivity contribution >= 4 is 83.9 Å². The molecular formula is C17H26Cl5N5OS. The summed E-state index contributed by atoms with van der Waals surface area (Å²) in [5.74, 6) is 2.98. The van der Waals surface area contributed by atoms with Gasteiger partial charge in [-0.05, 0) is 12.5 Å². The summed E-state index contributed by atoms with van der Waals surface area (Å²) < 4.78 is 0. The highest BCUT2D eigenvalue weighted by Crippen LogP contribution is 2.28. The summed E-state index contributed by atoms with van der Waals surface area (Å²) in [6, 6.07) is 2.14. The molecule has 3 saturated heterocycles. The molecule has 0 aromatic carbocycles. The van der Waals surface area contributed by atoms with Crippen molar-refractivity contribution in [3.8, 4) is 0 Å². The molecule has 3 aliphatic rings. The van der Waals surface area contributed by atoms with Gasteiger partial charge in [-0.15, -0.1) is 49.0 Å². The Kier molecular flexibility index (Phi) is 11.5. The molecule has 3 fully saturated rings. The van der Waals surface area contributed by atoms with Gasteiger partial charge >= 0.3 is 0 Å². The number of hydrogen-bond donors (Lipinski definition) is 1. The number of aromatic nitrogens is 1. The molecule has 1 amide bonds. The quantitative estimate of drug-likeness (QED) is 0.655. The van der Waals surface area contributed by atoms with Gasteiger partial charge in [0.05, 0.1) is 22.0 Å². The predicted molar refractivity (Wildman–Crippen MR) is 129 cm³/mol. The van der Waals surface area contributed by atoms with Crippen LogP contribution < -0.4 is 10.2 Å². The van der Waals surface area contributed by atoms with Crippen LogP contribution in [0.4, 0.5) is 5.82 Å². The van der Waals surface area contributed by atoms with E-state index in [1.807, 2.05) is 16.7 Å². The zero-order valence-electron chi connectivity index (χ0n) is 15.8. The second-order valence-electron chi connectivity index (χ2n) is 6.97. The first-order valence-corrected chi connectivity index (χ1v) is 10.9. The Morgan fingerprint density at radius 2 is 1.86 bits per heavy atom. The maximum Gasteiger partial charge on any atom is 0.240 e. The minimum atomic E-state index is -0.0240. The number of piperazine rings is 1. The molecular weight excluding hydrogens is 500 g/mol. The SMILES string of the molecule is Cl.Cl.Cl.O=C([C@@H]1C[C@H](N2CCN(c3ncc(Cl)cc3Cl)CC2)CN1)N1CCSC1. The number of pyridine rings is 1. The van der Waals surface area contributed by atoms with E-state index in [1.165, 1.54) is 0 Å². The lowest BCUT2D eigenvalue weighted by molar-refractivity contribution is -0.131. The third-order valence-electron chi connectivity index (χ3n) is 5.39. The maximum absolute atomic E-state index is 12.6. The van der Waals surface area contributed by atoms with Gasteiger partial charge in [-0.1, -0.05) is 23.2 Å². The van der Waals surface area contributed by atoms with E-state index in [2.05, 4.69) is 20.1 Å². The summed E-state index contributed by atoms with van der Waals surface area (Å²) in [4.78, 5) is 23.6. The third kappa shape index (κ3) is 6.32. The Hall–Kier alpha value is 0.140. The first-order chi connectivity index (χ1) is 12.6. The Morgan fingerprint density at radius 3 is 2.48 bits per heavy atom. The highest BCUT2D eigenvalue weighted by molar-refractivity contribution is 7.99. The fourth-order valence-corrected chi connectivity index (χ4v) is 5.39. The molecule has 0 saturated carbocycles. The van der Waals surface area contributed by atoms with E-state index in [4.69, 9.17) is 23.2 Å². The fourth-order valence-electron chi connectivity index (χ4n) is 3.93. The van der Waals surface area contributed by atoms with E-state index in [-0.39, 0.29) is 49.2 Å². The Labute approximate surface area is 204 Å². The molecule has 3 aliphatic heterocycles. The molecule has 6 nitrogen and oxygen atoms in total. The van der Waals surface area contributed by atoms with Crippen molar-refractivity contribution in [3.05, 3.63) is 22.3 Å². The Bertz CT molecular complexity index is 674. The molecule has 1 N–H and O–H groups in total. The summed E-state index contributed by atoms with van der Waals surface area (Å²) in [5, 5.41) is 4.59. The second kappa shape index (κ2) is 12.2. The van der Waals surface area contributed by atoms with Crippen molar-refractivity contribution < 1.29 is 4.79 Å². The molecule has 0 unspecified atom stereocenters. The van der Waals surface area contributed by atoms with E-state index in [9.17, 15) is 4.79 Å². The molecule has 0 radical (unpaired) electrons. The van der Waals surface area contributed by atoms with Crippen LogP contribution in [0.5, 0.6) is 0 Å². The summed E-state index contributed by atoms with van der Waals surface area (Å²) >= 11 is 14.1. The number of nitrogens with zero attached hydrogens (tertiary/aromatic N) is 4. The van der Waals surface area contributed by atoms with Crippen molar-refractivity contribution in [2.75, 3.05) is 55.8 Å². The average Bonchev–Trinajstić information content (AvgIpc) is 3.34. The number of nitrogens with one attached hydrogen (secondary N) is 1. The number of thioether (sulfide) groups is 1. The number of carbonyl (C=O) groups excluding carboxylic acids is 1. The van der Waals surface area contributed by atoms with Gasteiger partial charge < -0.3 is 15.1 Å². The average molecular weight is 526 g/mol. The molecule has 4 heterocycles. The van der Waals surface area contributed by atoms with Crippen LogP contribution in [0.2, 0.25) is 10.0 Å². The maximum atomic E-state index is 12.6. The summed E-state index contributed by atoms with van der Waals surface area (Å²) in [7, 11) is 0. The van der Waals surface area contributed by atoms with E-state index in [0.717, 1.165) is 63.1 Å². The fraction of sp³-hybridized carbons (Fsp3) is 0.647. The van der Waals surface area contributed by atoms with Gasteiger partial charge in [0.15, 0.2) is 0 Å². The largest absolute Gasteiger partial charge is 0.353 e. The van der Waals surface area contributed by atoms with E-state index in [1.54, 1.807) is 12.3 Å². The predicted octanol–water partition coefficient (Wildman–Crippen LogP) is 3.04. The molecule has 4 rings (SSSR count). The lowest BCUT2D eigenvalue weighted by Crippen LogP contribution is -2.51. The number of carbonyl (C=O) groups is 1. The van der Waals surface area contributed by atoms with Crippen LogP contribution in [0.25, 0.3) is 0 Å². The monoisotopic (exact) mass is 523 g/mol. The number of hydrogen-bond acceptors (Lipinski definition) is 6. The van der Waals surface area contributed by atoms with Crippen molar-refractivity contribution in [1.29, 1.82) is 0 Å². The van der Waals surface area contributed by atoms with Crippen LogP contribution in [0.15, 0.2) is 12.3 Å². The van der Waals surface area contributed by atoms with E-state index < -0.39 is 0 Å². The zero-order chi connectivity index (χ0) is 18.1. The van der Waals surface area contributed by atoms with Crippen molar-refractivity contribution in [3.63, 3.8) is 0 Å². The topological polar surface area (TPSA) is 51.7 Å². The molecule has 1 aromatic heterocycles. The number of rotatable bonds is 3. The summed E-state index contributed by atoms with van der Waals surface area (Å²) in [5.41, 5.74) is 0. The van der Waals surface area contributed by atoms with Crippen LogP contribution in [0, 0.1) is 0 Å². The Morgan fingerprint density at radius 1 is 1.14 bits per heavy atom. The van der Waals surface area contributed by atoms with Gasteiger partial charge in [0.25, 0.3) is 0 Å². The minimum absolute atomic E-state index is 0. The van der Waals surface area contributed by atoms with Gasteiger partial charge in [-0.3, -0.25) is 9.69 Å². The van der Waals surface area contributed by atoms with Gasteiger partial charge in [-0.2, -0.15) is 0 Å². The molecule has 0 aliphatic carbocycles. The standard InChI is InChI=1S/C17H23Cl2N5OS.3ClH/c18-12-7-14(19)16(21-9-12)23-3-1-22(2-4-23)13-8-15(20-10-13)17(25)24-5-6-26-11-24;;;/h7,9,13,15,20H,1-6,8,10-11H2;3*1H/t13-,15-;;;/m0.../s1. The smallest absolute Gasteiger partial charge is 0.240 e. The van der Waals surface area contributed by atoms with Gasteiger partial charge in [0, 0.05) is 57.3 Å². The molecule has 2 atom stereocenters. The first-order valence-electron chi connectivity index (χ1n) is 9.02. The normalized spacial score (nSPS) is 24.5. The van der Waals surface area contributed by atoms with Crippen LogP contribution in [0.1, 0.15) is 6.42 Å². The molecule has 29 heavy (non-hydrogen) atoms. The van der Waals surface area contributed by atoms with Crippen molar-refractivity contribution in [1.82, 2.24) is 20.1 Å². The van der Waals surface area contributed by atoms with Crippen molar-refractivity contribution in [2.45, 2.75) is 18.5 Å². The minimum Gasteiger partial charge on any atom is -0.353 e. The molecule has 166 valence electrons. The molecule has 12 heteroatoms. The zero-order valence-corrected chi connectivity index (χ0v) is 20.5. The van der Waals surface area contributed by atoms with Crippen molar-refractivity contribution in [2.24, 2.45) is 0 Å². The highest BCUT2D eigenvalue weighted by Gasteiger charge is 2.36. The van der Waals surface area contributed by atoms with E-state index in [0.29, 0.717) is 16.1 Å². The number of amides is 1. The van der Waals surface area contributed by atoms with Crippen LogP contribution in [-0.4, -0.2) is 83.7 Å². The van der Waals surface area contributed by atoms with Gasteiger partial charge in [0.2, 0.25) is 5.91 Å². The molecule has 1 aromatic rings. The lowest BCUT2D eigenvalue weighted by atomic mass is 10.1. The molecule has 0 spiro atoms. The third-order valence-corrected chi connectivity index (χ3v) is 6.84. The second-order valence-corrected chi connectivity index (χ2v) is 8.89. The summed E-state index contributed by atoms with van der Waals surface area (Å²) in [6.45, 7) is 5.44. The van der Waals surface area contributed by atoms with Crippen LogP contribution in [0.3, 0.4) is 0 Å². The molecule has 0 bridgehead atoms. The van der Waals surface area contributed by atoms with E-state index >= 15 is 0 Å². The first kappa shape index (κ1) is 27.2. The Balaban J connectivity index is 0.00000140. The van der Waals surface area contributed by atoms with Gasteiger partial charge in [0.1, 0.15) is 5.82 Å². The van der Waals surface area contributed by atoms with Crippen LogP contribution in [-0.2, 0) is 4.79 Å². The van der Waals surface area contributed by atoms with Gasteiger partial charge in [-0.25, -0.2) is 4.98 Å². The lowest BCUT2D eigenvalue weighted by Gasteiger charge is -2.38. The highest BCUT2D eigenvalue weighted by atomic mass is 35.5. The van der Waals surface area contributed by atoms with Crippen LogP contribution >= 0.6 is 72.2 Å². The summed E-state index contributed by atoms with van der Waals surface area (Å²) in [6.07, 6.45) is 2.54.